The van der Waals surface area contributed by atoms with Crippen molar-refractivity contribution in [3.8, 4) is 0 Å². The largest absolute Gasteiger partial charge is 0.354 e. The van der Waals surface area contributed by atoms with Crippen molar-refractivity contribution in [1.29, 1.82) is 0 Å². The van der Waals surface area contributed by atoms with E-state index in [4.69, 9.17) is 12.2 Å². The first-order valence-corrected chi connectivity index (χ1v) is 8.33. The normalized spacial score (nSPS) is 19.0. The van der Waals surface area contributed by atoms with Gasteiger partial charge in [-0.15, -0.1) is 0 Å². The Kier molecular flexibility index (Phi) is 5.13. The van der Waals surface area contributed by atoms with E-state index in [1.165, 1.54) is 30.3 Å². The molecule has 0 aliphatic carbocycles. The van der Waals surface area contributed by atoms with Gasteiger partial charge in [0, 0.05) is 17.8 Å². The van der Waals surface area contributed by atoms with E-state index in [1.807, 2.05) is 0 Å². The van der Waals surface area contributed by atoms with Crippen molar-refractivity contribution < 1.29 is 14.1 Å². The molecule has 3 rings (SSSR count). The maximum Gasteiger partial charge on any atom is 0.269 e. The summed E-state index contributed by atoms with van der Waals surface area (Å²) in [5.41, 5.74) is 0.933. The number of amides is 1. The molecule has 1 aliphatic heterocycles. The van der Waals surface area contributed by atoms with E-state index in [1.54, 1.807) is 18.2 Å². The van der Waals surface area contributed by atoms with Crippen LogP contribution in [0.1, 0.15) is 11.6 Å². The monoisotopic (exact) mass is 386 g/mol. The zero-order valence-electron chi connectivity index (χ0n) is 13.9. The smallest absolute Gasteiger partial charge is 0.269 e. The molecule has 3 N–H and O–H groups in total. The second kappa shape index (κ2) is 7.50. The van der Waals surface area contributed by atoms with Gasteiger partial charge in [-0.05, 0) is 29.9 Å². The number of non-ortho nitro benzene ring substituents is 1. The van der Waals surface area contributed by atoms with Crippen molar-refractivity contribution in [2.45, 2.75) is 6.04 Å². The number of hydrogen-bond acceptors (Lipinski definition) is 4. The summed E-state index contributed by atoms with van der Waals surface area (Å²) in [5, 5.41) is 19.5. The summed E-state index contributed by atoms with van der Waals surface area (Å²) in [5.74, 6) is -1.87. The third-order valence-electron chi connectivity index (χ3n) is 4.15. The van der Waals surface area contributed by atoms with Gasteiger partial charge in [-0.1, -0.05) is 30.8 Å². The van der Waals surface area contributed by atoms with E-state index >= 15 is 0 Å². The van der Waals surface area contributed by atoms with Crippen molar-refractivity contribution >= 4 is 34.6 Å². The predicted octanol–water partition coefficient (Wildman–Crippen LogP) is 3.02. The molecular weight excluding hydrogens is 371 g/mol. The van der Waals surface area contributed by atoms with Gasteiger partial charge in [0.1, 0.15) is 11.7 Å². The number of carbonyl (C=O) groups is 1. The Bertz CT molecular complexity index is 932. The van der Waals surface area contributed by atoms with E-state index in [2.05, 4.69) is 22.5 Å². The predicted molar refractivity (Wildman–Crippen MR) is 102 cm³/mol. The molecule has 138 valence electrons. The van der Waals surface area contributed by atoms with Crippen molar-refractivity contribution in [3.05, 3.63) is 82.3 Å². The summed E-state index contributed by atoms with van der Waals surface area (Å²) in [6.07, 6.45) is 0. The van der Waals surface area contributed by atoms with Crippen LogP contribution in [0.25, 0.3) is 0 Å². The molecule has 0 bridgehead atoms. The molecule has 9 heteroatoms. The fraction of sp³-hybridized carbons (Fsp3) is 0.111. The Morgan fingerprint density at radius 1 is 1.22 bits per heavy atom. The van der Waals surface area contributed by atoms with Gasteiger partial charge in [-0.25, -0.2) is 4.39 Å². The van der Waals surface area contributed by atoms with Crippen molar-refractivity contribution in [2.24, 2.45) is 5.92 Å². The molecule has 1 heterocycles. The molecule has 2 aromatic carbocycles. The summed E-state index contributed by atoms with van der Waals surface area (Å²) < 4.78 is 13.9. The number of para-hydroxylation sites is 1. The summed E-state index contributed by atoms with van der Waals surface area (Å²) >= 11 is 5.13. The number of hydrogen-bond donors (Lipinski definition) is 3. The van der Waals surface area contributed by atoms with E-state index in [0.717, 1.165) is 0 Å². The molecule has 0 aromatic heterocycles. The molecule has 27 heavy (non-hydrogen) atoms. The first kappa shape index (κ1) is 18.5. The van der Waals surface area contributed by atoms with Crippen LogP contribution in [-0.2, 0) is 4.79 Å². The zero-order valence-corrected chi connectivity index (χ0v) is 14.8. The Morgan fingerprint density at radius 2 is 1.89 bits per heavy atom. The van der Waals surface area contributed by atoms with Crippen LogP contribution in [0.15, 0.2) is 60.8 Å². The van der Waals surface area contributed by atoms with Crippen molar-refractivity contribution in [3.63, 3.8) is 0 Å². The SMILES string of the molecule is C=C1NC(=S)N[C@@H](c2ccc([N+](=O)[O-])cc2)[C@@H]1C(=O)Nc1ccccc1F. The number of halogens is 1. The number of rotatable bonds is 4. The Hall–Kier alpha value is -3.33. The highest BCUT2D eigenvalue weighted by atomic mass is 32.1. The molecule has 1 saturated heterocycles. The third-order valence-corrected chi connectivity index (χ3v) is 4.37. The summed E-state index contributed by atoms with van der Waals surface area (Å²) in [6, 6.07) is 11.0. The van der Waals surface area contributed by atoms with Gasteiger partial charge in [-0.3, -0.25) is 14.9 Å². The minimum Gasteiger partial charge on any atom is -0.354 e. The van der Waals surface area contributed by atoms with Crippen LogP contribution in [0.4, 0.5) is 15.8 Å². The Labute approximate surface area is 159 Å². The van der Waals surface area contributed by atoms with Gasteiger partial charge < -0.3 is 16.0 Å². The lowest BCUT2D eigenvalue weighted by molar-refractivity contribution is -0.384. The molecular formula is C18H15FN4O3S. The minimum absolute atomic E-state index is 0.0471. The van der Waals surface area contributed by atoms with Gasteiger partial charge in [-0.2, -0.15) is 0 Å². The third kappa shape index (κ3) is 3.93. The molecule has 0 unspecified atom stereocenters. The van der Waals surface area contributed by atoms with E-state index in [-0.39, 0.29) is 16.5 Å². The van der Waals surface area contributed by atoms with Gasteiger partial charge in [0.15, 0.2) is 5.11 Å². The lowest BCUT2D eigenvalue weighted by Crippen LogP contribution is -2.51. The highest BCUT2D eigenvalue weighted by Crippen LogP contribution is 2.31. The first-order chi connectivity index (χ1) is 12.9. The van der Waals surface area contributed by atoms with Crippen LogP contribution in [0.2, 0.25) is 0 Å². The van der Waals surface area contributed by atoms with Crippen molar-refractivity contribution in [1.82, 2.24) is 10.6 Å². The fourth-order valence-electron chi connectivity index (χ4n) is 2.85. The van der Waals surface area contributed by atoms with Crippen LogP contribution in [-0.4, -0.2) is 15.9 Å². The van der Waals surface area contributed by atoms with Gasteiger partial charge in [0.25, 0.3) is 5.69 Å². The lowest BCUT2D eigenvalue weighted by atomic mass is 9.88. The number of nitrogens with one attached hydrogen (secondary N) is 3. The highest BCUT2D eigenvalue weighted by molar-refractivity contribution is 7.80. The maximum atomic E-state index is 13.9. The van der Waals surface area contributed by atoms with Crippen molar-refractivity contribution in [2.75, 3.05) is 5.32 Å². The van der Waals surface area contributed by atoms with Gasteiger partial charge >= 0.3 is 0 Å². The van der Waals surface area contributed by atoms with E-state index < -0.39 is 28.6 Å². The molecule has 7 nitrogen and oxygen atoms in total. The summed E-state index contributed by atoms with van der Waals surface area (Å²) in [6.45, 7) is 3.85. The second-order valence-corrected chi connectivity index (χ2v) is 6.31. The topological polar surface area (TPSA) is 96.3 Å². The average Bonchev–Trinajstić information content (AvgIpc) is 2.63. The molecule has 1 aliphatic rings. The molecule has 0 radical (unpaired) electrons. The number of benzene rings is 2. The number of nitro benzene ring substituents is 1. The van der Waals surface area contributed by atoms with Gasteiger partial charge in [0.2, 0.25) is 5.91 Å². The fourth-order valence-corrected chi connectivity index (χ4v) is 3.11. The molecule has 1 amide bonds. The number of carbonyl (C=O) groups excluding carboxylic acids is 1. The number of nitro groups is 1. The standard InChI is InChI=1S/C18H15FN4O3S/c1-10-15(17(24)21-14-5-3-2-4-13(14)19)16(22-18(27)20-10)11-6-8-12(9-7-11)23(25)26/h2-9,15-16H,1H2,(H,21,24)(H2,20,22,27)/t15-,16+/m1/s1. The quantitative estimate of drug-likeness (QED) is 0.425. The second-order valence-electron chi connectivity index (χ2n) is 5.90. The molecule has 0 spiro atoms. The van der Waals surface area contributed by atoms with Crippen LogP contribution in [0, 0.1) is 21.8 Å². The summed E-state index contributed by atoms with van der Waals surface area (Å²) in [7, 11) is 0. The average molecular weight is 386 g/mol. The minimum atomic E-state index is -0.822. The van der Waals surface area contributed by atoms with Crippen LogP contribution in [0.3, 0.4) is 0 Å². The van der Waals surface area contributed by atoms with E-state index in [0.29, 0.717) is 11.3 Å². The lowest BCUT2D eigenvalue weighted by Gasteiger charge is -2.35. The number of thiocarbonyl (C=S) groups is 1. The molecule has 2 atom stereocenters. The number of nitrogens with zero attached hydrogens (tertiary/aromatic N) is 1. The Morgan fingerprint density at radius 3 is 2.52 bits per heavy atom. The van der Waals surface area contributed by atoms with Crippen LogP contribution in [0.5, 0.6) is 0 Å². The Balaban J connectivity index is 1.90. The van der Waals surface area contributed by atoms with Crippen LogP contribution >= 0.6 is 12.2 Å². The molecule has 2 aromatic rings. The zero-order chi connectivity index (χ0) is 19.6. The maximum absolute atomic E-state index is 13.9. The number of anilines is 1. The molecule has 1 fully saturated rings. The van der Waals surface area contributed by atoms with Gasteiger partial charge in [0.05, 0.1) is 16.7 Å². The first-order valence-electron chi connectivity index (χ1n) is 7.93. The highest BCUT2D eigenvalue weighted by Gasteiger charge is 2.37. The molecule has 0 saturated carbocycles. The van der Waals surface area contributed by atoms with E-state index in [9.17, 15) is 19.3 Å². The summed E-state index contributed by atoms with van der Waals surface area (Å²) in [4.78, 5) is 23.2. The van der Waals surface area contributed by atoms with Crippen LogP contribution < -0.4 is 16.0 Å².